The van der Waals surface area contributed by atoms with E-state index in [-0.39, 0.29) is 12.4 Å². The molecule has 0 bridgehead atoms. The first-order chi connectivity index (χ1) is 8.34. The molecule has 0 aromatic heterocycles. The molecule has 18 heavy (non-hydrogen) atoms. The van der Waals surface area contributed by atoms with E-state index in [1.807, 2.05) is 13.8 Å². The molecule has 0 fully saturated rings. The average Bonchev–Trinajstić information content (AvgIpc) is 2.21. The van der Waals surface area contributed by atoms with E-state index in [9.17, 15) is 9.18 Å². The highest BCUT2D eigenvalue weighted by molar-refractivity contribution is 9.10. The number of rotatable bonds is 4. The van der Waals surface area contributed by atoms with Gasteiger partial charge >= 0.3 is 6.03 Å². The number of nitrogens with one attached hydrogen (secondary N) is 2. The van der Waals surface area contributed by atoms with Crippen LogP contribution in [0.5, 0.6) is 0 Å². The SMILES string of the molecule is CC(C)(CCO)NC(=O)Nc1ccc(F)cc1Br. The predicted molar refractivity (Wildman–Crippen MR) is 72.0 cm³/mol. The van der Waals surface area contributed by atoms with E-state index in [1.54, 1.807) is 0 Å². The normalized spacial score (nSPS) is 11.2. The van der Waals surface area contributed by atoms with Gasteiger partial charge in [0, 0.05) is 16.6 Å². The van der Waals surface area contributed by atoms with Gasteiger partial charge in [-0.2, -0.15) is 0 Å². The van der Waals surface area contributed by atoms with Gasteiger partial charge in [-0.15, -0.1) is 0 Å². The Bertz CT molecular complexity index is 438. The van der Waals surface area contributed by atoms with E-state index >= 15 is 0 Å². The van der Waals surface area contributed by atoms with Gasteiger partial charge in [-0.3, -0.25) is 0 Å². The van der Waals surface area contributed by atoms with Crippen LogP contribution >= 0.6 is 15.9 Å². The molecule has 0 unspecified atom stereocenters. The van der Waals surface area contributed by atoms with Gasteiger partial charge in [-0.1, -0.05) is 0 Å². The second-order valence-electron chi connectivity index (χ2n) is 4.56. The summed E-state index contributed by atoms with van der Waals surface area (Å²) in [6.45, 7) is 3.61. The Morgan fingerprint density at radius 2 is 2.17 bits per heavy atom. The predicted octanol–water partition coefficient (Wildman–Crippen LogP) is 2.87. The third-order valence-corrected chi connectivity index (χ3v) is 3.02. The van der Waals surface area contributed by atoms with Crippen LogP contribution in [0.3, 0.4) is 0 Å². The minimum atomic E-state index is -0.509. The zero-order chi connectivity index (χ0) is 13.8. The molecule has 0 saturated heterocycles. The lowest BCUT2D eigenvalue weighted by atomic mass is 10.0. The Balaban J connectivity index is 2.65. The van der Waals surface area contributed by atoms with Gasteiger partial charge in [-0.25, -0.2) is 9.18 Å². The smallest absolute Gasteiger partial charge is 0.319 e. The molecule has 4 nitrogen and oxygen atoms in total. The highest BCUT2D eigenvalue weighted by Crippen LogP contribution is 2.23. The molecule has 0 aliphatic carbocycles. The first kappa shape index (κ1) is 14.9. The molecule has 3 N–H and O–H groups in total. The fourth-order valence-corrected chi connectivity index (χ4v) is 1.84. The highest BCUT2D eigenvalue weighted by Gasteiger charge is 2.19. The monoisotopic (exact) mass is 318 g/mol. The summed E-state index contributed by atoms with van der Waals surface area (Å²) in [7, 11) is 0. The zero-order valence-corrected chi connectivity index (χ0v) is 11.8. The van der Waals surface area contributed by atoms with Crippen molar-refractivity contribution >= 4 is 27.6 Å². The average molecular weight is 319 g/mol. The van der Waals surface area contributed by atoms with E-state index in [1.165, 1.54) is 18.2 Å². The van der Waals surface area contributed by atoms with E-state index < -0.39 is 11.6 Å². The summed E-state index contributed by atoms with van der Waals surface area (Å²) in [5.74, 6) is -0.381. The molecule has 1 rings (SSSR count). The number of halogens is 2. The minimum absolute atomic E-state index is 0.00643. The molecule has 0 atom stereocenters. The lowest BCUT2D eigenvalue weighted by molar-refractivity contribution is 0.218. The van der Waals surface area contributed by atoms with Gasteiger partial charge in [0.15, 0.2) is 0 Å². The molecule has 6 heteroatoms. The lowest BCUT2D eigenvalue weighted by Crippen LogP contribution is -2.46. The number of carbonyl (C=O) groups excluding carboxylic acids is 1. The number of hydrogen-bond acceptors (Lipinski definition) is 2. The molecule has 2 amide bonds. The minimum Gasteiger partial charge on any atom is -0.396 e. The maximum atomic E-state index is 12.9. The number of aliphatic hydroxyl groups excluding tert-OH is 1. The molecule has 0 radical (unpaired) electrons. The van der Waals surface area contributed by atoms with Crippen molar-refractivity contribution in [1.82, 2.24) is 5.32 Å². The van der Waals surface area contributed by atoms with Gasteiger partial charge in [-0.05, 0) is 54.4 Å². The number of urea groups is 1. The van der Waals surface area contributed by atoms with Crippen molar-refractivity contribution in [3.05, 3.63) is 28.5 Å². The third kappa shape index (κ3) is 4.62. The van der Waals surface area contributed by atoms with Crippen molar-refractivity contribution in [1.29, 1.82) is 0 Å². The quantitative estimate of drug-likeness (QED) is 0.799. The van der Waals surface area contributed by atoms with Crippen molar-refractivity contribution in [3.8, 4) is 0 Å². The summed E-state index contributed by atoms with van der Waals surface area (Å²) in [6.07, 6.45) is 0.449. The molecule has 1 aromatic rings. The summed E-state index contributed by atoms with van der Waals surface area (Å²) < 4.78 is 13.3. The molecule has 0 spiro atoms. The van der Waals surface area contributed by atoms with Crippen LogP contribution in [0.15, 0.2) is 22.7 Å². The fraction of sp³-hybridized carbons (Fsp3) is 0.417. The van der Waals surface area contributed by atoms with Gasteiger partial charge in [0.25, 0.3) is 0 Å². The van der Waals surface area contributed by atoms with Crippen LogP contribution in [0.4, 0.5) is 14.9 Å². The molecule has 0 saturated carbocycles. The van der Waals surface area contributed by atoms with E-state index in [0.717, 1.165) is 0 Å². The summed E-state index contributed by atoms with van der Waals surface area (Å²) in [4.78, 5) is 11.7. The zero-order valence-electron chi connectivity index (χ0n) is 10.3. The van der Waals surface area contributed by atoms with Crippen LogP contribution in [0.2, 0.25) is 0 Å². The number of carbonyl (C=O) groups is 1. The summed E-state index contributed by atoms with van der Waals surface area (Å²) in [6, 6.07) is 3.60. The fourth-order valence-electron chi connectivity index (χ4n) is 1.39. The largest absolute Gasteiger partial charge is 0.396 e. The number of hydrogen-bond donors (Lipinski definition) is 3. The Kier molecular flexibility index (Phi) is 5.10. The number of amides is 2. The third-order valence-electron chi connectivity index (χ3n) is 2.37. The van der Waals surface area contributed by atoms with Crippen LogP contribution in [-0.2, 0) is 0 Å². The van der Waals surface area contributed by atoms with Gasteiger partial charge < -0.3 is 15.7 Å². The highest BCUT2D eigenvalue weighted by atomic mass is 79.9. The van der Waals surface area contributed by atoms with Crippen LogP contribution in [-0.4, -0.2) is 23.3 Å². The second kappa shape index (κ2) is 6.15. The first-order valence-corrected chi connectivity index (χ1v) is 6.28. The Morgan fingerprint density at radius 3 is 2.72 bits per heavy atom. The van der Waals surface area contributed by atoms with Gasteiger partial charge in [0.1, 0.15) is 5.82 Å². The van der Waals surface area contributed by atoms with Crippen molar-refractivity contribution in [3.63, 3.8) is 0 Å². The van der Waals surface area contributed by atoms with Crippen molar-refractivity contribution in [2.24, 2.45) is 0 Å². The van der Waals surface area contributed by atoms with E-state index in [0.29, 0.717) is 16.6 Å². The van der Waals surface area contributed by atoms with Crippen LogP contribution in [0.1, 0.15) is 20.3 Å². The number of anilines is 1. The lowest BCUT2D eigenvalue weighted by Gasteiger charge is -2.25. The molecular formula is C12H16BrFN2O2. The molecule has 0 aliphatic rings. The van der Waals surface area contributed by atoms with Crippen LogP contribution in [0.25, 0.3) is 0 Å². The van der Waals surface area contributed by atoms with Gasteiger partial charge in [0.05, 0.1) is 5.69 Å². The maximum absolute atomic E-state index is 12.9. The molecule has 0 aliphatic heterocycles. The van der Waals surface area contributed by atoms with Gasteiger partial charge in [0.2, 0.25) is 0 Å². The first-order valence-electron chi connectivity index (χ1n) is 5.49. The molecule has 0 heterocycles. The van der Waals surface area contributed by atoms with Crippen LogP contribution < -0.4 is 10.6 Å². The summed E-state index contributed by atoms with van der Waals surface area (Å²) in [5.41, 5.74) is -0.0283. The van der Waals surface area contributed by atoms with Crippen molar-refractivity contribution in [2.45, 2.75) is 25.8 Å². The summed E-state index contributed by atoms with van der Waals surface area (Å²) >= 11 is 3.16. The Hall–Kier alpha value is -1.14. The second-order valence-corrected chi connectivity index (χ2v) is 5.42. The molecule has 100 valence electrons. The Labute approximate surface area is 114 Å². The topological polar surface area (TPSA) is 61.4 Å². The molecular weight excluding hydrogens is 303 g/mol. The van der Waals surface area contributed by atoms with Crippen LogP contribution in [0, 0.1) is 5.82 Å². The molecule has 1 aromatic carbocycles. The number of benzene rings is 1. The van der Waals surface area contributed by atoms with Crippen molar-refractivity contribution < 1.29 is 14.3 Å². The van der Waals surface area contributed by atoms with E-state index in [4.69, 9.17) is 5.11 Å². The van der Waals surface area contributed by atoms with E-state index in [2.05, 4.69) is 26.6 Å². The maximum Gasteiger partial charge on any atom is 0.319 e. The number of aliphatic hydroxyl groups is 1. The Morgan fingerprint density at radius 1 is 1.50 bits per heavy atom. The standard InChI is InChI=1S/C12H16BrFN2O2/c1-12(2,5-6-17)16-11(18)15-10-4-3-8(14)7-9(10)13/h3-4,7,17H,5-6H2,1-2H3,(H2,15,16,18). The summed E-state index contributed by atoms with van der Waals surface area (Å²) in [5, 5.41) is 14.2. The van der Waals surface area contributed by atoms with Crippen molar-refractivity contribution in [2.75, 3.05) is 11.9 Å².